The van der Waals surface area contributed by atoms with Gasteiger partial charge < -0.3 is 14.8 Å². The van der Waals surface area contributed by atoms with Gasteiger partial charge in [-0.25, -0.2) is 0 Å². The highest BCUT2D eigenvalue weighted by Gasteiger charge is 2.21. The first-order chi connectivity index (χ1) is 7.22. The molecule has 80 valence electrons. The number of halogens is 2. The number of ether oxygens (including phenoxy) is 2. The van der Waals surface area contributed by atoms with E-state index in [0.29, 0.717) is 22.2 Å². The first kappa shape index (κ1) is 10.4. The van der Waals surface area contributed by atoms with Gasteiger partial charge in [0.15, 0.2) is 11.5 Å². The molecule has 1 aromatic rings. The Kier molecular flexibility index (Phi) is 2.88. The van der Waals surface area contributed by atoms with Crippen LogP contribution in [0.5, 0.6) is 11.5 Å². The minimum absolute atomic E-state index is 0.124. The second-order valence-corrected chi connectivity index (χ2v) is 3.51. The van der Waals surface area contributed by atoms with Crippen molar-refractivity contribution in [2.24, 2.45) is 0 Å². The zero-order chi connectivity index (χ0) is 10.8. The van der Waals surface area contributed by atoms with Crippen LogP contribution >= 0.6 is 23.2 Å². The van der Waals surface area contributed by atoms with E-state index in [1.165, 1.54) is 0 Å². The van der Waals surface area contributed by atoms with Gasteiger partial charge in [0.05, 0.1) is 5.02 Å². The van der Waals surface area contributed by atoms with Gasteiger partial charge in [0.1, 0.15) is 11.6 Å². The number of rotatable bonds is 2. The number of fused-ring (bicyclic) bond motifs is 1. The molecule has 1 N–H and O–H groups in total. The molecule has 0 saturated carbocycles. The van der Waals surface area contributed by atoms with E-state index in [-0.39, 0.29) is 18.6 Å². The zero-order valence-corrected chi connectivity index (χ0v) is 9.06. The molecule has 0 fully saturated rings. The van der Waals surface area contributed by atoms with Crippen LogP contribution in [-0.4, -0.2) is 18.6 Å². The Hall–Kier alpha value is -1.13. The van der Waals surface area contributed by atoms with E-state index in [1.807, 2.05) is 0 Å². The third-order valence-electron chi connectivity index (χ3n) is 1.87. The Bertz CT molecular complexity index is 409. The van der Waals surface area contributed by atoms with E-state index < -0.39 is 0 Å². The van der Waals surface area contributed by atoms with Gasteiger partial charge in [-0.1, -0.05) is 11.6 Å². The molecule has 1 amide bonds. The molecular weight excluding hydrogens is 241 g/mol. The van der Waals surface area contributed by atoms with Gasteiger partial charge in [0.25, 0.3) is 0 Å². The number of anilines is 1. The van der Waals surface area contributed by atoms with E-state index in [1.54, 1.807) is 12.1 Å². The van der Waals surface area contributed by atoms with E-state index in [4.69, 9.17) is 32.7 Å². The van der Waals surface area contributed by atoms with Crippen molar-refractivity contribution < 1.29 is 14.3 Å². The Labute approximate surface area is 96.1 Å². The SMILES string of the molecule is O=C(CCl)Nc1c(Cl)ccc2c1OCO2. The van der Waals surface area contributed by atoms with Crippen LogP contribution in [-0.2, 0) is 4.79 Å². The second-order valence-electron chi connectivity index (χ2n) is 2.84. The number of carbonyl (C=O) groups excluding carboxylic acids is 1. The molecule has 1 heterocycles. The first-order valence-corrected chi connectivity index (χ1v) is 5.07. The third kappa shape index (κ3) is 1.96. The van der Waals surface area contributed by atoms with Crippen LogP contribution < -0.4 is 14.8 Å². The van der Waals surface area contributed by atoms with E-state index >= 15 is 0 Å². The summed E-state index contributed by atoms with van der Waals surface area (Å²) in [7, 11) is 0. The Morgan fingerprint density at radius 3 is 3.00 bits per heavy atom. The standard InChI is InChI=1S/C9H7Cl2NO3/c10-3-7(13)12-8-5(11)1-2-6-9(8)15-4-14-6/h1-2H,3-4H2,(H,12,13). The number of alkyl halides is 1. The summed E-state index contributed by atoms with van der Waals surface area (Å²) in [5.74, 6) is 0.522. The molecule has 1 aliphatic heterocycles. The molecule has 4 nitrogen and oxygen atoms in total. The molecule has 0 aliphatic carbocycles. The highest BCUT2D eigenvalue weighted by Crippen LogP contribution is 2.43. The molecule has 1 aliphatic rings. The fourth-order valence-corrected chi connectivity index (χ4v) is 1.50. The fraction of sp³-hybridized carbons (Fsp3) is 0.222. The van der Waals surface area contributed by atoms with Crippen LogP contribution in [0, 0.1) is 0 Å². The van der Waals surface area contributed by atoms with Crippen molar-refractivity contribution in [1.29, 1.82) is 0 Å². The highest BCUT2D eigenvalue weighted by molar-refractivity contribution is 6.35. The highest BCUT2D eigenvalue weighted by atomic mass is 35.5. The van der Waals surface area contributed by atoms with Gasteiger partial charge in [-0.2, -0.15) is 0 Å². The van der Waals surface area contributed by atoms with Gasteiger partial charge in [0.2, 0.25) is 12.7 Å². The Morgan fingerprint density at radius 1 is 1.47 bits per heavy atom. The van der Waals surface area contributed by atoms with Crippen molar-refractivity contribution in [2.75, 3.05) is 18.0 Å². The Balaban J connectivity index is 2.37. The molecule has 0 bridgehead atoms. The minimum atomic E-state index is -0.345. The Morgan fingerprint density at radius 2 is 2.27 bits per heavy atom. The van der Waals surface area contributed by atoms with Crippen LogP contribution in [0.3, 0.4) is 0 Å². The van der Waals surface area contributed by atoms with E-state index in [9.17, 15) is 4.79 Å². The van der Waals surface area contributed by atoms with Gasteiger partial charge in [-0.15, -0.1) is 11.6 Å². The molecule has 0 saturated heterocycles. The third-order valence-corrected chi connectivity index (χ3v) is 2.43. The minimum Gasteiger partial charge on any atom is -0.454 e. The number of carbonyl (C=O) groups is 1. The van der Waals surface area contributed by atoms with Gasteiger partial charge in [-0.05, 0) is 12.1 Å². The molecule has 0 atom stereocenters. The fourth-order valence-electron chi connectivity index (χ4n) is 1.24. The summed E-state index contributed by atoms with van der Waals surface area (Å²) in [6.07, 6.45) is 0. The number of hydrogen-bond acceptors (Lipinski definition) is 3. The molecule has 0 radical (unpaired) electrons. The van der Waals surface area contributed by atoms with Crippen molar-refractivity contribution in [3.63, 3.8) is 0 Å². The summed E-state index contributed by atoms with van der Waals surface area (Å²) in [5, 5.41) is 2.94. The molecule has 2 rings (SSSR count). The van der Waals surface area contributed by atoms with Gasteiger partial charge in [0, 0.05) is 0 Å². The van der Waals surface area contributed by atoms with E-state index in [0.717, 1.165) is 0 Å². The molecule has 0 aromatic heterocycles. The average molecular weight is 248 g/mol. The molecule has 0 spiro atoms. The van der Waals surface area contributed by atoms with Crippen LogP contribution in [0.1, 0.15) is 0 Å². The lowest BCUT2D eigenvalue weighted by Crippen LogP contribution is -2.13. The second kappa shape index (κ2) is 4.16. The summed E-state index contributed by atoms with van der Waals surface area (Å²) < 4.78 is 10.3. The topological polar surface area (TPSA) is 47.6 Å². The van der Waals surface area contributed by atoms with E-state index in [2.05, 4.69) is 5.32 Å². The largest absolute Gasteiger partial charge is 0.454 e. The van der Waals surface area contributed by atoms with Crippen molar-refractivity contribution in [3.05, 3.63) is 17.2 Å². The number of benzene rings is 1. The maximum atomic E-state index is 11.1. The number of amides is 1. The summed E-state index contributed by atoms with van der Waals surface area (Å²) in [5.41, 5.74) is 0.400. The van der Waals surface area contributed by atoms with Crippen molar-refractivity contribution in [2.45, 2.75) is 0 Å². The van der Waals surface area contributed by atoms with Crippen molar-refractivity contribution in [1.82, 2.24) is 0 Å². The zero-order valence-electron chi connectivity index (χ0n) is 7.55. The molecule has 15 heavy (non-hydrogen) atoms. The van der Waals surface area contributed by atoms with Crippen LogP contribution in [0.2, 0.25) is 5.02 Å². The molecule has 1 aromatic carbocycles. The van der Waals surface area contributed by atoms with Crippen LogP contribution in [0.25, 0.3) is 0 Å². The smallest absolute Gasteiger partial charge is 0.239 e. The van der Waals surface area contributed by atoms with Gasteiger partial charge in [-0.3, -0.25) is 4.79 Å². The monoisotopic (exact) mass is 247 g/mol. The lowest BCUT2D eigenvalue weighted by molar-refractivity contribution is -0.113. The predicted molar refractivity (Wildman–Crippen MR) is 56.9 cm³/mol. The average Bonchev–Trinajstić information content (AvgIpc) is 2.70. The van der Waals surface area contributed by atoms with Crippen LogP contribution in [0.15, 0.2) is 12.1 Å². The molecule has 0 unspecified atom stereocenters. The lowest BCUT2D eigenvalue weighted by atomic mass is 10.2. The summed E-state index contributed by atoms with van der Waals surface area (Å²) in [6, 6.07) is 3.31. The number of hydrogen-bond donors (Lipinski definition) is 1. The van der Waals surface area contributed by atoms with Crippen molar-refractivity contribution >= 4 is 34.8 Å². The first-order valence-electron chi connectivity index (χ1n) is 4.16. The predicted octanol–water partition coefficient (Wildman–Crippen LogP) is 2.25. The molecular formula is C9H7Cl2NO3. The summed E-state index contributed by atoms with van der Waals surface area (Å²) in [6.45, 7) is 0.124. The summed E-state index contributed by atoms with van der Waals surface area (Å²) >= 11 is 11.3. The summed E-state index contributed by atoms with van der Waals surface area (Å²) in [4.78, 5) is 11.1. The van der Waals surface area contributed by atoms with Gasteiger partial charge >= 0.3 is 0 Å². The maximum absolute atomic E-state index is 11.1. The number of nitrogens with one attached hydrogen (secondary N) is 1. The lowest BCUT2D eigenvalue weighted by Gasteiger charge is -2.08. The molecule has 6 heteroatoms. The maximum Gasteiger partial charge on any atom is 0.239 e. The normalized spacial score (nSPS) is 12.7. The van der Waals surface area contributed by atoms with Crippen molar-refractivity contribution in [3.8, 4) is 11.5 Å². The van der Waals surface area contributed by atoms with Crippen LogP contribution in [0.4, 0.5) is 5.69 Å². The quantitative estimate of drug-likeness (QED) is 0.816.